The third-order valence-corrected chi connectivity index (χ3v) is 3.72. The molecule has 3 heteroatoms. The Balaban J connectivity index is 2.00. The maximum absolute atomic E-state index is 12.2. The van der Waals surface area contributed by atoms with E-state index in [0.29, 0.717) is 16.8 Å². The predicted octanol–water partition coefficient (Wildman–Crippen LogP) is 4.75. The minimum absolute atomic E-state index is 0.243. The highest BCUT2D eigenvalue weighted by atomic mass is 16.4. The Labute approximate surface area is 136 Å². The molecule has 0 unspecified atom stereocenters. The molecule has 0 aliphatic rings. The molecule has 0 N–H and O–H groups in total. The molecule has 118 valence electrons. The summed E-state index contributed by atoms with van der Waals surface area (Å²) < 4.78 is 5.41. The maximum atomic E-state index is 12.2. The van der Waals surface area contributed by atoms with Crippen molar-refractivity contribution in [2.24, 2.45) is 5.41 Å². The van der Waals surface area contributed by atoms with Crippen molar-refractivity contribution < 1.29 is 4.42 Å². The van der Waals surface area contributed by atoms with Gasteiger partial charge in [0.1, 0.15) is 0 Å². The summed E-state index contributed by atoms with van der Waals surface area (Å²) in [6, 6.07) is 13.7. The van der Waals surface area contributed by atoms with Gasteiger partial charge in [-0.3, -0.25) is 0 Å². The number of benzene rings is 2. The molecule has 0 spiro atoms. The molecule has 0 atom stereocenters. The molecule has 3 aromatic rings. The van der Waals surface area contributed by atoms with E-state index in [-0.39, 0.29) is 11.0 Å². The van der Waals surface area contributed by atoms with E-state index in [2.05, 4.69) is 37.9 Å². The lowest BCUT2D eigenvalue weighted by Gasteiger charge is -2.18. The van der Waals surface area contributed by atoms with Crippen molar-refractivity contribution in [1.82, 2.24) is 4.98 Å². The average molecular weight is 307 g/mol. The Morgan fingerprint density at radius 1 is 1.04 bits per heavy atom. The molecule has 0 radical (unpaired) electrons. The first-order chi connectivity index (χ1) is 10.8. The van der Waals surface area contributed by atoms with Crippen LogP contribution in [0.1, 0.15) is 31.9 Å². The zero-order valence-corrected chi connectivity index (χ0v) is 14.0. The lowest BCUT2D eigenvalue weighted by molar-refractivity contribution is 0.411. The fourth-order valence-electron chi connectivity index (χ4n) is 2.69. The Kier molecular flexibility index (Phi) is 3.80. The summed E-state index contributed by atoms with van der Waals surface area (Å²) in [5.74, 6) is 0.369. The largest absolute Gasteiger partial charge is 0.403 e. The van der Waals surface area contributed by atoms with Crippen LogP contribution in [-0.2, 0) is 6.42 Å². The minimum atomic E-state index is -0.340. The van der Waals surface area contributed by atoms with Crippen LogP contribution in [0.2, 0.25) is 0 Å². The molecule has 3 rings (SSSR count). The van der Waals surface area contributed by atoms with Gasteiger partial charge in [0.25, 0.3) is 0 Å². The van der Waals surface area contributed by atoms with E-state index in [1.165, 1.54) is 5.56 Å². The Bertz CT molecular complexity index is 900. The number of fused-ring (bicyclic) bond motifs is 1. The highest BCUT2D eigenvalue weighted by molar-refractivity contribution is 5.79. The maximum Gasteiger partial charge on any atom is 0.347 e. The van der Waals surface area contributed by atoms with E-state index < -0.39 is 0 Å². The molecule has 0 amide bonds. The molecule has 1 heterocycles. The van der Waals surface area contributed by atoms with Gasteiger partial charge in [0.15, 0.2) is 0 Å². The van der Waals surface area contributed by atoms with Crippen LogP contribution in [0.4, 0.5) is 0 Å². The summed E-state index contributed by atoms with van der Waals surface area (Å²) in [6.07, 6.45) is 1.00. The first kappa shape index (κ1) is 15.5. The first-order valence-electron chi connectivity index (χ1n) is 7.83. The zero-order valence-electron chi connectivity index (χ0n) is 14.0. The van der Waals surface area contributed by atoms with Crippen LogP contribution in [0.5, 0.6) is 0 Å². The molecule has 2 aromatic carbocycles. The number of aryl methyl sites for hydroxylation is 1. The quantitative estimate of drug-likeness (QED) is 0.686. The topological polar surface area (TPSA) is 43.1 Å². The highest BCUT2D eigenvalue weighted by Gasteiger charge is 2.12. The Morgan fingerprint density at radius 2 is 1.74 bits per heavy atom. The van der Waals surface area contributed by atoms with E-state index in [1.54, 1.807) is 0 Å². The molecule has 23 heavy (non-hydrogen) atoms. The molecule has 1 aromatic heterocycles. The second-order valence-electron chi connectivity index (χ2n) is 7.26. The van der Waals surface area contributed by atoms with Crippen molar-refractivity contribution in [3.05, 3.63) is 64.0 Å². The second-order valence-corrected chi connectivity index (χ2v) is 7.26. The standard InChI is InChI=1S/C20H21NO2/c1-13-5-10-17-16(11-13)19(22)23-18(21-17)15-8-6-14(7-9-15)12-20(2,3)4/h5-11H,12H2,1-4H3. The molecule has 0 bridgehead atoms. The minimum Gasteiger partial charge on any atom is -0.403 e. The summed E-state index contributed by atoms with van der Waals surface area (Å²) in [4.78, 5) is 16.7. The van der Waals surface area contributed by atoms with Crippen molar-refractivity contribution in [2.45, 2.75) is 34.1 Å². The smallest absolute Gasteiger partial charge is 0.347 e. The normalized spacial score (nSPS) is 11.8. The average Bonchev–Trinajstić information content (AvgIpc) is 2.47. The summed E-state index contributed by atoms with van der Waals surface area (Å²) in [6.45, 7) is 8.59. The van der Waals surface area contributed by atoms with Gasteiger partial charge in [-0.15, -0.1) is 0 Å². The van der Waals surface area contributed by atoms with E-state index >= 15 is 0 Å². The van der Waals surface area contributed by atoms with Crippen LogP contribution in [0.3, 0.4) is 0 Å². The first-order valence-corrected chi connectivity index (χ1v) is 7.83. The van der Waals surface area contributed by atoms with Crippen molar-refractivity contribution in [1.29, 1.82) is 0 Å². The van der Waals surface area contributed by atoms with Gasteiger partial charge < -0.3 is 4.42 Å². The van der Waals surface area contributed by atoms with Gasteiger partial charge in [-0.2, -0.15) is 0 Å². The molecular weight excluding hydrogens is 286 g/mol. The third-order valence-electron chi connectivity index (χ3n) is 3.72. The molecule has 0 aliphatic carbocycles. The fourth-order valence-corrected chi connectivity index (χ4v) is 2.69. The molecule has 0 fully saturated rings. The van der Waals surface area contributed by atoms with Crippen LogP contribution in [0, 0.1) is 12.3 Å². The van der Waals surface area contributed by atoms with Crippen LogP contribution in [0.25, 0.3) is 22.4 Å². The Morgan fingerprint density at radius 3 is 2.39 bits per heavy atom. The molecule has 0 saturated carbocycles. The second kappa shape index (κ2) is 5.65. The fraction of sp³-hybridized carbons (Fsp3) is 0.300. The molecular formula is C20H21NO2. The monoisotopic (exact) mass is 307 g/mol. The van der Waals surface area contributed by atoms with E-state index in [0.717, 1.165) is 17.5 Å². The van der Waals surface area contributed by atoms with E-state index in [1.807, 2.05) is 37.3 Å². The number of hydrogen-bond donors (Lipinski definition) is 0. The van der Waals surface area contributed by atoms with E-state index in [9.17, 15) is 4.79 Å². The Hall–Kier alpha value is -2.42. The van der Waals surface area contributed by atoms with Gasteiger partial charge in [0, 0.05) is 5.56 Å². The van der Waals surface area contributed by atoms with Crippen molar-refractivity contribution >= 4 is 10.9 Å². The van der Waals surface area contributed by atoms with Crippen molar-refractivity contribution in [3.63, 3.8) is 0 Å². The van der Waals surface area contributed by atoms with Crippen LogP contribution < -0.4 is 5.63 Å². The van der Waals surface area contributed by atoms with Crippen LogP contribution in [-0.4, -0.2) is 4.98 Å². The summed E-state index contributed by atoms with van der Waals surface area (Å²) >= 11 is 0. The molecule has 0 aliphatic heterocycles. The van der Waals surface area contributed by atoms with Crippen molar-refractivity contribution in [3.8, 4) is 11.5 Å². The van der Waals surface area contributed by atoms with Gasteiger partial charge in [-0.25, -0.2) is 9.78 Å². The van der Waals surface area contributed by atoms with Gasteiger partial charge in [-0.1, -0.05) is 44.5 Å². The van der Waals surface area contributed by atoms with Crippen molar-refractivity contribution in [2.75, 3.05) is 0 Å². The number of hydrogen-bond acceptors (Lipinski definition) is 3. The van der Waals surface area contributed by atoms with Crippen LogP contribution >= 0.6 is 0 Å². The van der Waals surface area contributed by atoms with Gasteiger partial charge in [0.05, 0.1) is 10.9 Å². The zero-order chi connectivity index (χ0) is 16.6. The lowest BCUT2D eigenvalue weighted by atomic mass is 9.88. The van der Waals surface area contributed by atoms with Gasteiger partial charge >= 0.3 is 5.63 Å². The lowest BCUT2D eigenvalue weighted by Crippen LogP contribution is -2.09. The van der Waals surface area contributed by atoms with Gasteiger partial charge in [-0.05, 0) is 48.6 Å². The summed E-state index contributed by atoms with van der Waals surface area (Å²) in [7, 11) is 0. The molecule has 0 saturated heterocycles. The number of nitrogens with zero attached hydrogens (tertiary/aromatic N) is 1. The predicted molar refractivity (Wildman–Crippen MR) is 93.6 cm³/mol. The number of rotatable bonds is 2. The summed E-state index contributed by atoms with van der Waals surface area (Å²) in [5, 5.41) is 0.526. The van der Waals surface area contributed by atoms with Crippen LogP contribution in [0.15, 0.2) is 51.7 Å². The molecule has 3 nitrogen and oxygen atoms in total. The highest BCUT2D eigenvalue weighted by Crippen LogP contribution is 2.24. The summed E-state index contributed by atoms with van der Waals surface area (Å²) in [5.41, 5.74) is 3.67. The van der Waals surface area contributed by atoms with E-state index in [4.69, 9.17) is 4.42 Å². The number of aromatic nitrogens is 1. The SMILES string of the molecule is Cc1ccc2nc(-c3ccc(CC(C)(C)C)cc3)oc(=O)c2c1. The van der Waals surface area contributed by atoms with Gasteiger partial charge in [0.2, 0.25) is 5.89 Å². The third kappa shape index (κ3) is 3.50.